The number of hydrogen-bond donors (Lipinski definition) is 2. The van der Waals surface area contributed by atoms with Crippen molar-refractivity contribution in [1.29, 1.82) is 0 Å². The number of hydrogen-bond acceptors (Lipinski definition) is 5. The Kier molecular flexibility index (Phi) is 4.66. The lowest BCUT2D eigenvalue weighted by atomic mass is 10.1. The molecule has 5 nitrogen and oxygen atoms in total. The fourth-order valence-corrected chi connectivity index (χ4v) is 4.10. The van der Waals surface area contributed by atoms with Crippen LogP contribution in [0.2, 0.25) is 0 Å². The number of phenols is 1. The molecule has 2 aromatic carbocycles. The molecule has 7 heteroatoms. The van der Waals surface area contributed by atoms with Gasteiger partial charge in [-0.3, -0.25) is 0 Å². The lowest BCUT2D eigenvalue weighted by Crippen LogP contribution is -2.23. The highest BCUT2D eigenvalue weighted by Crippen LogP contribution is 2.35. The maximum absolute atomic E-state index is 11.5. The molecule has 0 fully saturated rings. The molecule has 1 atom stereocenters. The largest absolute Gasteiger partial charge is 0.540 e. The Bertz CT molecular complexity index is 910. The predicted octanol–water partition coefficient (Wildman–Crippen LogP) is 2.63. The van der Waals surface area contributed by atoms with Gasteiger partial charge in [-0.15, -0.1) is 5.14 Å². The third-order valence-electron chi connectivity index (χ3n) is 3.54. The molecule has 0 amide bonds. The van der Waals surface area contributed by atoms with Gasteiger partial charge in [0.2, 0.25) is 4.88 Å². The van der Waals surface area contributed by atoms with Crippen LogP contribution in [-0.2, 0) is 6.42 Å². The van der Waals surface area contributed by atoms with E-state index in [0.717, 1.165) is 4.47 Å². The molecule has 3 N–H and O–H groups in total. The van der Waals surface area contributed by atoms with E-state index in [-0.39, 0.29) is 17.0 Å². The molecule has 0 saturated heterocycles. The van der Waals surface area contributed by atoms with Crippen LogP contribution in [0, 0.1) is 0 Å². The monoisotopic (exact) mass is 404 g/mol. The molecule has 0 radical (unpaired) electrons. The Morgan fingerprint density at radius 2 is 1.96 bits per heavy atom. The molecule has 1 unspecified atom stereocenters. The van der Waals surface area contributed by atoms with Gasteiger partial charge in [0.1, 0.15) is 17.4 Å². The highest BCUT2D eigenvalue weighted by atomic mass is 79.9. The number of aromatic hydroxyl groups is 1. The average Bonchev–Trinajstić information content (AvgIpc) is 2.89. The lowest BCUT2D eigenvalue weighted by Gasteiger charge is -2.01. The standard InChI is InChI=1S/C17H13BrN2O3S/c18-12-6-7-13(21)11(8-12)9-14-20-15(10-4-2-1-3-5-10)16(17(22)23)24(14)19/h1-8H,9,19H2,(H-,21,22,23). The first-order valence-corrected chi connectivity index (χ1v) is 9.10. The summed E-state index contributed by atoms with van der Waals surface area (Å²) < 4.78 is 0.808. The van der Waals surface area contributed by atoms with Crippen LogP contribution in [0.3, 0.4) is 0 Å². The summed E-state index contributed by atoms with van der Waals surface area (Å²) in [5, 5.41) is 28.1. The Hall–Kier alpha value is -2.22. The molecule has 0 spiro atoms. The van der Waals surface area contributed by atoms with Crippen LogP contribution >= 0.6 is 26.6 Å². The Morgan fingerprint density at radius 1 is 1.25 bits per heavy atom. The van der Waals surface area contributed by atoms with Gasteiger partial charge in [0.15, 0.2) is 0 Å². The van der Waals surface area contributed by atoms with Gasteiger partial charge in [-0.1, -0.05) is 46.3 Å². The van der Waals surface area contributed by atoms with E-state index < -0.39 is 16.6 Å². The maximum atomic E-state index is 11.5. The highest BCUT2D eigenvalue weighted by Gasteiger charge is 2.29. The van der Waals surface area contributed by atoms with E-state index in [1.807, 2.05) is 6.07 Å². The van der Waals surface area contributed by atoms with E-state index >= 15 is 0 Å². The topological polar surface area (TPSA) is 99.3 Å². The number of aromatic carboxylic acids is 1. The number of carbonyl (C=O) groups is 1. The zero-order chi connectivity index (χ0) is 17.3. The van der Waals surface area contributed by atoms with Crippen LogP contribution in [0.25, 0.3) is 11.3 Å². The van der Waals surface area contributed by atoms with Crippen LogP contribution in [0.4, 0.5) is 0 Å². The van der Waals surface area contributed by atoms with E-state index in [2.05, 4.69) is 20.9 Å². The van der Waals surface area contributed by atoms with E-state index in [9.17, 15) is 15.0 Å². The van der Waals surface area contributed by atoms with Gasteiger partial charge in [0.05, 0.1) is 17.1 Å². The van der Waals surface area contributed by atoms with Crippen LogP contribution in [0.15, 0.2) is 53.0 Å². The first-order valence-electron chi connectivity index (χ1n) is 7.02. The quantitative estimate of drug-likeness (QED) is 0.651. The number of thiazole rings is 1. The molecule has 1 aromatic heterocycles. The van der Waals surface area contributed by atoms with E-state index in [1.54, 1.807) is 42.5 Å². The van der Waals surface area contributed by atoms with Crippen molar-refractivity contribution in [3.8, 4) is 17.0 Å². The van der Waals surface area contributed by atoms with E-state index in [4.69, 9.17) is 5.14 Å². The number of benzene rings is 2. The second-order valence-electron chi connectivity index (χ2n) is 5.12. The second kappa shape index (κ2) is 6.72. The molecule has 24 heavy (non-hydrogen) atoms. The number of carboxylic acids is 1. The first kappa shape index (κ1) is 16.6. The van der Waals surface area contributed by atoms with Crippen LogP contribution in [0.1, 0.15) is 20.2 Å². The molecule has 1 heterocycles. The minimum atomic E-state index is -1.32. The Morgan fingerprint density at radius 3 is 2.62 bits per heavy atom. The number of nitrogens with zero attached hydrogens (tertiary/aromatic N) is 1. The number of aromatic nitrogens is 1. The van der Waals surface area contributed by atoms with Crippen molar-refractivity contribution < 1.29 is 15.0 Å². The van der Waals surface area contributed by atoms with Gasteiger partial charge >= 0.3 is 0 Å². The van der Waals surface area contributed by atoms with Crippen LogP contribution in [-0.4, -0.2) is 16.1 Å². The zero-order valence-electron chi connectivity index (χ0n) is 12.4. The number of carboxylic acid groups (broad SMARTS) is 1. The molecular formula is C17H13BrN2O3S. The number of carbonyl (C=O) groups excluding carboxylic acids is 1. The fourth-order valence-electron chi connectivity index (χ4n) is 2.40. The molecule has 0 aliphatic rings. The predicted molar refractivity (Wildman–Crippen MR) is 95.2 cm³/mol. The van der Waals surface area contributed by atoms with Crippen LogP contribution in [0.5, 0.6) is 5.75 Å². The number of phenolic OH excluding ortho intramolecular Hbond substituents is 1. The van der Waals surface area contributed by atoms with Crippen molar-refractivity contribution in [3.05, 3.63) is 68.5 Å². The lowest BCUT2D eigenvalue weighted by molar-refractivity contribution is -0.254. The zero-order valence-corrected chi connectivity index (χ0v) is 14.8. The smallest absolute Gasteiger partial charge is 0.269 e. The summed E-state index contributed by atoms with van der Waals surface area (Å²) in [5.41, 5.74) is 1.62. The molecule has 3 rings (SSSR count). The van der Waals surface area contributed by atoms with E-state index in [0.29, 0.717) is 21.8 Å². The number of nitrogens with two attached hydrogens (primary N) is 1. The maximum Gasteiger partial charge on any atom is 0.269 e. The minimum Gasteiger partial charge on any atom is -0.540 e. The van der Waals surface area contributed by atoms with Crippen LogP contribution < -0.4 is 10.2 Å². The van der Waals surface area contributed by atoms with Crippen molar-refractivity contribution in [2.45, 2.75) is 6.42 Å². The van der Waals surface area contributed by atoms with Crippen molar-refractivity contribution in [2.75, 3.05) is 5.14 Å². The second-order valence-corrected chi connectivity index (χ2v) is 7.60. The summed E-state index contributed by atoms with van der Waals surface area (Å²) in [4.78, 5) is 16.0. The molecule has 0 saturated carbocycles. The molecule has 0 aliphatic carbocycles. The normalized spacial score (nSPS) is 11.5. The van der Waals surface area contributed by atoms with Gasteiger partial charge in [-0.2, -0.15) is 4.98 Å². The molecule has 0 aliphatic heterocycles. The van der Waals surface area contributed by atoms with Crippen molar-refractivity contribution >= 4 is 32.6 Å². The van der Waals surface area contributed by atoms with Gasteiger partial charge < -0.3 is 15.0 Å². The average molecular weight is 405 g/mol. The molecular weight excluding hydrogens is 392 g/mol. The van der Waals surface area contributed by atoms with Crippen molar-refractivity contribution in [3.63, 3.8) is 0 Å². The van der Waals surface area contributed by atoms with Gasteiger partial charge in [0, 0.05) is 15.6 Å². The van der Waals surface area contributed by atoms with E-state index in [1.165, 1.54) is 0 Å². The fraction of sp³-hybridized carbons (Fsp3) is 0.0588. The number of nitrogen functional groups attached to an aromatic ring is 1. The summed E-state index contributed by atoms with van der Waals surface area (Å²) in [6.45, 7) is 0. The van der Waals surface area contributed by atoms with Crippen molar-refractivity contribution in [2.24, 2.45) is 0 Å². The highest BCUT2D eigenvalue weighted by molar-refractivity contribution is 9.10. The molecule has 122 valence electrons. The van der Waals surface area contributed by atoms with Crippen molar-refractivity contribution in [1.82, 2.24) is 4.98 Å². The summed E-state index contributed by atoms with van der Waals surface area (Å²) >= 11 is 3.35. The summed E-state index contributed by atoms with van der Waals surface area (Å²) in [7, 11) is -1.18. The van der Waals surface area contributed by atoms with Gasteiger partial charge in [-0.25, -0.2) is 0 Å². The minimum absolute atomic E-state index is 0.00862. The first-order chi connectivity index (χ1) is 11.5. The third-order valence-corrected chi connectivity index (χ3v) is 5.58. The van der Waals surface area contributed by atoms with Gasteiger partial charge in [0.25, 0.3) is 5.01 Å². The Balaban J connectivity index is 2.10. The third kappa shape index (κ3) is 3.19. The number of halogens is 1. The van der Waals surface area contributed by atoms with Gasteiger partial charge in [-0.05, 0) is 18.2 Å². The molecule has 0 bridgehead atoms. The summed E-state index contributed by atoms with van der Waals surface area (Å²) in [5.74, 6) is -1.21. The number of rotatable bonds is 4. The summed E-state index contributed by atoms with van der Waals surface area (Å²) in [6.07, 6.45) is 0.262. The SMILES string of the molecule is N[s+]1c(Cc2cc(Br)ccc2O)nc(-c2ccccc2)c1C(=O)[O-]. The summed E-state index contributed by atoms with van der Waals surface area (Å²) in [6, 6.07) is 14.0. The molecule has 3 aromatic rings. The Labute approximate surface area is 149 Å².